The van der Waals surface area contributed by atoms with Crippen molar-refractivity contribution < 1.29 is 14.3 Å². The first-order chi connectivity index (χ1) is 13.0. The molecule has 0 aliphatic rings. The Kier molecular flexibility index (Phi) is 7.82. The van der Waals surface area contributed by atoms with Gasteiger partial charge in [0.15, 0.2) is 0 Å². The maximum Gasteiger partial charge on any atom is 0.319 e. The topological polar surface area (TPSA) is 79.5 Å². The summed E-state index contributed by atoms with van der Waals surface area (Å²) in [5.74, 6) is -0.177. The van der Waals surface area contributed by atoms with Crippen molar-refractivity contribution in [3.63, 3.8) is 0 Å². The van der Waals surface area contributed by atoms with Crippen LogP contribution in [0.25, 0.3) is 0 Å². The molecule has 0 radical (unpaired) electrons. The van der Waals surface area contributed by atoms with Gasteiger partial charge in [0.2, 0.25) is 5.91 Å². The second-order valence-electron chi connectivity index (χ2n) is 6.44. The molecular formula is C21H27N3O3. The van der Waals surface area contributed by atoms with Crippen molar-refractivity contribution in [2.24, 2.45) is 5.92 Å². The molecule has 6 heteroatoms. The van der Waals surface area contributed by atoms with Gasteiger partial charge in [-0.25, -0.2) is 4.79 Å². The summed E-state index contributed by atoms with van der Waals surface area (Å²) in [6.07, 6.45) is 0. The Hall–Kier alpha value is -2.86. The third-order valence-corrected chi connectivity index (χ3v) is 3.93. The summed E-state index contributed by atoms with van der Waals surface area (Å²) in [5.41, 5.74) is 3.32. The molecule has 0 saturated carbocycles. The van der Waals surface area contributed by atoms with Crippen molar-refractivity contribution in [2.75, 3.05) is 17.2 Å². The van der Waals surface area contributed by atoms with E-state index in [0.717, 1.165) is 11.1 Å². The van der Waals surface area contributed by atoms with Crippen molar-refractivity contribution in [2.45, 2.75) is 33.9 Å². The van der Waals surface area contributed by atoms with Crippen molar-refractivity contribution in [1.29, 1.82) is 0 Å². The molecule has 0 aliphatic heterocycles. The van der Waals surface area contributed by atoms with Gasteiger partial charge in [-0.2, -0.15) is 0 Å². The van der Waals surface area contributed by atoms with Crippen molar-refractivity contribution in [3.8, 4) is 0 Å². The van der Waals surface area contributed by atoms with E-state index in [1.165, 1.54) is 0 Å². The highest BCUT2D eigenvalue weighted by Gasteiger charge is 2.09. The molecule has 27 heavy (non-hydrogen) atoms. The molecule has 0 atom stereocenters. The zero-order chi connectivity index (χ0) is 19.6. The lowest BCUT2D eigenvalue weighted by Gasteiger charge is -2.12. The minimum absolute atomic E-state index is 0.0671. The molecule has 0 unspecified atom stereocenters. The Morgan fingerprint density at radius 3 is 2.30 bits per heavy atom. The molecule has 3 amide bonds. The summed E-state index contributed by atoms with van der Waals surface area (Å²) < 4.78 is 5.46. The number of rotatable bonds is 8. The maximum absolute atomic E-state index is 12.2. The standard InChI is InChI=1S/C21H27N3O3/c1-4-27-14-17-9-6-5-8-16(17)13-22-21(26)24-19-11-7-10-18(12-19)23-20(25)15(2)3/h5-12,15H,4,13-14H2,1-3H3,(H,23,25)(H2,22,24,26). The predicted molar refractivity (Wildman–Crippen MR) is 108 cm³/mol. The number of carbonyl (C=O) groups excluding carboxylic acids is 2. The maximum atomic E-state index is 12.2. The highest BCUT2D eigenvalue weighted by molar-refractivity contribution is 5.94. The second kappa shape index (κ2) is 10.3. The van der Waals surface area contributed by atoms with Gasteiger partial charge in [-0.3, -0.25) is 4.79 Å². The number of amides is 3. The lowest BCUT2D eigenvalue weighted by Crippen LogP contribution is -2.28. The molecule has 144 valence electrons. The third kappa shape index (κ3) is 6.75. The summed E-state index contributed by atoms with van der Waals surface area (Å²) in [6, 6.07) is 14.6. The minimum Gasteiger partial charge on any atom is -0.377 e. The average Bonchev–Trinajstić information content (AvgIpc) is 2.65. The van der Waals surface area contributed by atoms with Crippen LogP contribution < -0.4 is 16.0 Å². The average molecular weight is 369 g/mol. The van der Waals surface area contributed by atoms with E-state index in [-0.39, 0.29) is 17.9 Å². The molecule has 0 saturated heterocycles. The predicted octanol–water partition coefficient (Wildman–Crippen LogP) is 4.14. The first-order valence-electron chi connectivity index (χ1n) is 9.10. The number of ether oxygens (including phenoxy) is 1. The Morgan fingerprint density at radius 2 is 1.63 bits per heavy atom. The van der Waals surface area contributed by atoms with Crippen LogP contribution in [0.2, 0.25) is 0 Å². The summed E-state index contributed by atoms with van der Waals surface area (Å²) in [7, 11) is 0. The van der Waals surface area contributed by atoms with Gasteiger partial charge >= 0.3 is 6.03 Å². The van der Waals surface area contributed by atoms with Crippen molar-refractivity contribution in [3.05, 3.63) is 59.7 Å². The summed E-state index contributed by atoms with van der Waals surface area (Å²) >= 11 is 0. The van der Waals surface area contributed by atoms with Crippen LogP contribution in [-0.2, 0) is 22.7 Å². The fourth-order valence-corrected chi connectivity index (χ4v) is 2.39. The van der Waals surface area contributed by atoms with Gasteiger partial charge in [-0.15, -0.1) is 0 Å². The molecule has 2 aromatic carbocycles. The van der Waals surface area contributed by atoms with Crippen LogP contribution >= 0.6 is 0 Å². The van der Waals surface area contributed by atoms with Gasteiger partial charge in [0.1, 0.15) is 0 Å². The summed E-state index contributed by atoms with van der Waals surface area (Å²) in [4.78, 5) is 24.0. The highest BCUT2D eigenvalue weighted by Crippen LogP contribution is 2.16. The van der Waals surface area contributed by atoms with Crippen LogP contribution in [-0.4, -0.2) is 18.5 Å². The normalized spacial score (nSPS) is 10.5. The zero-order valence-electron chi connectivity index (χ0n) is 16.0. The molecule has 0 spiro atoms. The van der Waals surface area contributed by atoms with Gasteiger partial charge in [-0.1, -0.05) is 44.2 Å². The van der Waals surface area contributed by atoms with Gasteiger partial charge in [-0.05, 0) is 36.2 Å². The minimum atomic E-state index is -0.312. The van der Waals surface area contributed by atoms with E-state index in [2.05, 4.69) is 16.0 Å². The van der Waals surface area contributed by atoms with E-state index in [1.54, 1.807) is 24.3 Å². The largest absolute Gasteiger partial charge is 0.377 e. The molecule has 2 aromatic rings. The summed E-state index contributed by atoms with van der Waals surface area (Å²) in [5, 5.41) is 8.45. The highest BCUT2D eigenvalue weighted by atomic mass is 16.5. The summed E-state index contributed by atoms with van der Waals surface area (Å²) in [6.45, 7) is 7.17. The van der Waals surface area contributed by atoms with Crippen LogP contribution in [0.5, 0.6) is 0 Å². The Balaban J connectivity index is 1.92. The fourth-order valence-electron chi connectivity index (χ4n) is 2.39. The van der Waals surface area contributed by atoms with E-state index in [4.69, 9.17) is 4.74 Å². The molecule has 0 aromatic heterocycles. The van der Waals surface area contributed by atoms with Gasteiger partial charge < -0.3 is 20.7 Å². The van der Waals surface area contributed by atoms with Gasteiger partial charge in [0.25, 0.3) is 0 Å². The molecular weight excluding hydrogens is 342 g/mol. The number of hydrogen-bond acceptors (Lipinski definition) is 3. The van der Waals surface area contributed by atoms with Crippen LogP contribution in [0.15, 0.2) is 48.5 Å². The first kappa shape index (κ1) is 20.5. The smallest absolute Gasteiger partial charge is 0.319 e. The van der Waals surface area contributed by atoms with E-state index in [0.29, 0.717) is 31.1 Å². The number of anilines is 2. The van der Waals surface area contributed by atoms with E-state index < -0.39 is 0 Å². The molecule has 6 nitrogen and oxygen atoms in total. The number of nitrogens with one attached hydrogen (secondary N) is 3. The van der Waals surface area contributed by atoms with Crippen molar-refractivity contribution >= 4 is 23.3 Å². The SMILES string of the molecule is CCOCc1ccccc1CNC(=O)Nc1cccc(NC(=O)C(C)C)c1. The van der Waals surface area contributed by atoms with Crippen molar-refractivity contribution in [1.82, 2.24) is 5.32 Å². The molecule has 0 bridgehead atoms. The fraction of sp³-hybridized carbons (Fsp3) is 0.333. The monoisotopic (exact) mass is 369 g/mol. The molecule has 0 fully saturated rings. The second-order valence-corrected chi connectivity index (χ2v) is 6.44. The van der Waals surface area contributed by atoms with Gasteiger partial charge in [0.05, 0.1) is 6.61 Å². The number of carbonyl (C=O) groups is 2. The van der Waals surface area contributed by atoms with E-state index >= 15 is 0 Å². The van der Waals surface area contributed by atoms with Crippen LogP contribution in [0, 0.1) is 5.92 Å². The number of urea groups is 1. The number of benzene rings is 2. The Morgan fingerprint density at radius 1 is 0.963 bits per heavy atom. The van der Waals surface area contributed by atoms with Crippen LogP contribution in [0.3, 0.4) is 0 Å². The van der Waals surface area contributed by atoms with Crippen LogP contribution in [0.4, 0.5) is 16.2 Å². The number of hydrogen-bond donors (Lipinski definition) is 3. The zero-order valence-corrected chi connectivity index (χ0v) is 16.0. The molecule has 0 heterocycles. The van der Waals surface area contributed by atoms with Crippen LogP contribution in [0.1, 0.15) is 31.9 Å². The lowest BCUT2D eigenvalue weighted by atomic mass is 10.1. The Bertz CT molecular complexity index is 775. The van der Waals surface area contributed by atoms with E-state index in [9.17, 15) is 9.59 Å². The quantitative estimate of drug-likeness (QED) is 0.654. The Labute approximate surface area is 160 Å². The van der Waals surface area contributed by atoms with E-state index in [1.807, 2.05) is 45.0 Å². The first-order valence-corrected chi connectivity index (χ1v) is 9.10. The lowest BCUT2D eigenvalue weighted by molar-refractivity contribution is -0.118. The molecule has 0 aliphatic carbocycles. The van der Waals surface area contributed by atoms with Gasteiger partial charge in [0, 0.05) is 30.4 Å². The third-order valence-electron chi connectivity index (χ3n) is 3.93. The molecule has 3 N–H and O–H groups in total. The molecule has 2 rings (SSSR count).